The van der Waals surface area contributed by atoms with E-state index in [-0.39, 0.29) is 5.69 Å². The number of fused-ring (bicyclic) bond motifs is 1. The number of rotatable bonds is 5. The lowest BCUT2D eigenvalue weighted by atomic mass is 10.0. The molecule has 5 nitrogen and oxygen atoms in total. The lowest BCUT2D eigenvalue weighted by Crippen LogP contribution is -2.51. The average Bonchev–Trinajstić information content (AvgIpc) is 3.16. The van der Waals surface area contributed by atoms with Gasteiger partial charge in [0.1, 0.15) is 11.3 Å². The van der Waals surface area contributed by atoms with Gasteiger partial charge in [-0.1, -0.05) is 13.8 Å². The van der Waals surface area contributed by atoms with Gasteiger partial charge in [-0.25, -0.2) is 18.7 Å². The van der Waals surface area contributed by atoms with Crippen LogP contribution < -0.4 is 10.2 Å². The summed E-state index contributed by atoms with van der Waals surface area (Å²) in [5, 5.41) is 4.37. The molecule has 0 bridgehead atoms. The van der Waals surface area contributed by atoms with E-state index in [2.05, 4.69) is 34.1 Å². The van der Waals surface area contributed by atoms with Crippen LogP contribution in [-0.4, -0.2) is 40.6 Å². The van der Waals surface area contributed by atoms with E-state index in [1.165, 1.54) is 0 Å². The van der Waals surface area contributed by atoms with Crippen LogP contribution in [0.25, 0.3) is 22.3 Å². The molecule has 1 unspecified atom stereocenters. The normalized spacial score (nSPS) is 17.8. The van der Waals surface area contributed by atoms with Crippen molar-refractivity contribution in [2.24, 2.45) is 5.92 Å². The maximum Gasteiger partial charge on any atom is 0.282 e. The molecule has 1 fully saturated rings. The summed E-state index contributed by atoms with van der Waals surface area (Å²) in [5.74, 6) is 0.558. The fraction of sp³-hybridized carbons (Fsp3) is 0.429. The summed E-state index contributed by atoms with van der Waals surface area (Å²) in [5.41, 5.74) is 2.45. The molecule has 148 valence electrons. The molecule has 1 aliphatic rings. The second kappa shape index (κ2) is 7.83. The van der Waals surface area contributed by atoms with Crippen LogP contribution in [0.2, 0.25) is 0 Å². The van der Waals surface area contributed by atoms with Crippen LogP contribution in [0.1, 0.15) is 32.4 Å². The van der Waals surface area contributed by atoms with E-state index < -0.39 is 6.43 Å². The molecule has 1 aliphatic heterocycles. The van der Waals surface area contributed by atoms with Gasteiger partial charge >= 0.3 is 0 Å². The van der Waals surface area contributed by atoms with Crippen LogP contribution in [0.3, 0.4) is 0 Å². The van der Waals surface area contributed by atoms with Crippen molar-refractivity contribution in [3.8, 4) is 11.3 Å². The van der Waals surface area contributed by atoms with Crippen molar-refractivity contribution in [2.75, 3.05) is 24.5 Å². The largest absolute Gasteiger partial charge is 0.367 e. The van der Waals surface area contributed by atoms with Gasteiger partial charge in [0.2, 0.25) is 0 Å². The van der Waals surface area contributed by atoms with Gasteiger partial charge in [0.15, 0.2) is 0 Å². The lowest BCUT2D eigenvalue weighted by molar-refractivity contribution is 0.146. The zero-order chi connectivity index (χ0) is 19.7. The van der Waals surface area contributed by atoms with Crippen LogP contribution in [0, 0.1) is 5.92 Å². The van der Waals surface area contributed by atoms with Gasteiger partial charge < -0.3 is 15.2 Å². The molecule has 28 heavy (non-hydrogen) atoms. The number of halogens is 2. The summed E-state index contributed by atoms with van der Waals surface area (Å²) >= 11 is 0. The summed E-state index contributed by atoms with van der Waals surface area (Å²) < 4.78 is 27.8. The Labute approximate surface area is 163 Å². The number of anilines is 1. The second-order valence-electron chi connectivity index (χ2n) is 7.73. The smallest absolute Gasteiger partial charge is 0.282 e. The van der Waals surface area contributed by atoms with Crippen molar-refractivity contribution in [1.82, 2.24) is 20.3 Å². The molecule has 2 N–H and O–H groups in total. The van der Waals surface area contributed by atoms with Crippen LogP contribution >= 0.6 is 0 Å². The quantitative estimate of drug-likeness (QED) is 0.684. The van der Waals surface area contributed by atoms with Crippen LogP contribution in [0.5, 0.6) is 0 Å². The number of nitrogens with zero attached hydrogens (tertiary/aromatic N) is 3. The van der Waals surface area contributed by atoms with Crippen LogP contribution in [0.15, 0.2) is 36.7 Å². The van der Waals surface area contributed by atoms with E-state index in [1.54, 1.807) is 18.5 Å². The van der Waals surface area contributed by atoms with Crippen molar-refractivity contribution >= 4 is 16.7 Å². The number of H-pyrrole nitrogens is 1. The first kappa shape index (κ1) is 18.8. The molecule has 0 radical (unpaired) electrons. The van der Waals surface area contributed by atoms with Crippen molar-refractivity contribution < 1.29 is 8.78 Å². The number of nitrogens with one attached hydrogen (secondary N) is 2. The average molecular weight is 385 g/mol. The van der Waals surface area contributed by atoms with Crippen molar-refractivity contribution in [3.05, 3.63) is 42.4 Å². The third-order valence-corrected chi connectivity index (χ3v) is 5.20. The number of hydrogen-bond acceptors (Lipinski definition) is 4. The highest BCUT2D eigenvalue weighted by Crippen LogP contribution is 2.33. The predicted octanol–water partition coefficient (Wildman–Crippen LogP) is 4.39. The van der Waals surface area contributed by atoms with E-state index in [0.717, 1.165) is 36.1 Å². The van der Waals surface area contributed by atoms with Gasteiger partial charge in [-0.3, -0.25) is 0 Å². The highest BCUT2D eigenvalue weighted by atomic mass is 19.3. The number of alkyl halides is 2. The Bertz CT molecular complexity index is 953. The maximum atomic E-state index is 13.9. The molecule has 0 aromatic carbocycles. The molecule has 0 saturated carbocycles. The van der Waals surface area contributed by atoms with Gasteiger partial charge in [0.05, 0.1) is 11.4 Å². The van der Waals surface area contributed by atoms with Crippen molar-refractivity contribution in [2.45, 2.75) is 32.7 Å². The number of aromatic amines is 1. The predicted molar refractivity (Wildman–Crippen MR) is 108 cm³/mol. The van der Waals surface area contributed by atoms with Gasteiger partial charge in [-0.15, -0.1) is 0 Å². The minimum absolute atomic E-state index is 0.150. The maximum absolute atomic E-state index is 13.9. The number of piperazine rings is 1. The number of aromatic nitrogens is 3. The first-order valence-electron chi connectivity index (χ1n) is 9.73. The Balaban J connectivity index is 1.69. The molecule has 0 aliphatic carbocycles. The number of pyridine rings is 2. The first-order valence-corrected chi connectivity index (χ1v) is 9.73. The molecule has 0 spiro atoms. The zero-order valence-corrected chi connectivity index (χ0v) is 16.1. The van der Waals surface area contributed by atoms with Gasteiger partial charge in [-0.05, 0) is 36.6 Å². The molecule has 3 aromatic heterocycles. The van der Waals surface area contributed by atoms with E-state index in [9.17, 15) is 8.78 Å². The summed E-state index contributed by atoms with van der Waals surface area (Å²) in [6.07, 6.45) is 1.85. The summed E-state index contributed by atoms with van der Waals surface area (Å²) in [4.78, 5) is 13.7. The topological polar surface area (TPSA) is 56.8 Å². The Morgan fingerprint density at radius 2 is 2.07 bits per heavy atom. The van der Waals surface area contributed by atoms with Crippen LogP contribution in [-0.2, 0) is 0 Å². The molecule has 4 heterocycles. The molecule has 1 atom stereocenters. The van der Waals surface area contributed by atoms with E-state index in [4.69, 9.17) is 0 Å². The minimum atomic E-state index is -2.63. The molecule has 0 amide bonds. The second-order valence-corrected chi connectivity index (χ2v) is 7.73. The Morgan fingerprint density at radius 3 is 2.86 bits per heavy atom. The molecule has 1 saturated heterocycles. The van der Waals surface area contributed by atoms with E-state index in [1.807, 2.05) is 23.1 Å². The van der Waals surface area contributed by atoms with Gasteiger partial charge in [0, 0.05) is 49.0 Å². The molecule has 7 heteroatoms. The minimum Gasteiger partial charge on any atom is -0.367 e. The summed E-state index contributed by atoms with van der Waals surface area (Å²) in [6.45, 7) is 6.56. The van der Waals surface area contributed by atoms with E-state index >= 15 is 0 Å². The first-order chi connectivity index (χ1) is 13.5. The van der Waals surface area contributed by atoms with Crippen LogP contribution in [0.4, 0.5) is 14.5 Å². The molecule has 3 aromatic rings. The Hall–Kier alpha value is -2.54. The standard InChI is InChI=1S/C21H25F2N5/c1-13(2)11-14-12-28(10-9-24-14)18-4-3-17(27-19(18)20(22)23)15-5-7-25-21-16(15)6-8-26-21/h3-8,13-14,20,24H,9-12H2,1-2H3,(H,25,26). The van der Waals surface area contributed by atoms with Crippen molar-refractivity contribution in [3.63, 3.8) is 0 Å². The summed E-state index contributed by atoms with van der Waals surface area (Å²) in [7, 11) is 0. The highest BCUT2D eigenvalue weighted by molar-refractivity contribution is 5.91. The lowest BCUT2D eigenvalue weighted by Gasteiger charge is -2.36. The zero-order valence-electron chi connectivity index (χ0n) is 16.1. The Kier molecular flexibility index (Phi) is 5.26. The fourth-order valence-electron chi connectivity index (χ4n) is 4.00. The molecule has 4 rings (SSSR count). The fourth-order valence-corrected chi connectivity index (χ4v) is 4.00. The van der Waals surface area contributed by atoms with E-state index in [0.29, 0.717) is 29.9 Å². The monoisotopic (exact) mass is 385 g/mol. The SMILES string of the molecule is CC(C)CC1CN(c2ccc(-c3ccnc4[nH]ccc34)nc2C(F)F)CCN1. The molecular formula is C21H25F2N5. The summed E-state index contributed by atoms with van der Waals surface area (Å²) in [6, 6.07) is 7.64. The van der Waals surface area contributed by atoms with Crippen molar-refractivity contribution in [1.29, 1.82) is 0 Å². The Morgan fingerprint density at radius 1 is 1.21 bits per heavy atom. The van der Waals surface area contributed by atoms with Gasteiger partial charge in [-0.2, -0.15) is 0 Å². The number of hydrogen-bond donors (Lipinski definition) is 2. The molecular weight excluding hydrogens is 360 g/mol. The third-order valence-electron chi connectivity index (χ3n) is 5.20. The van der Waals surface area contributed by atoms with Gasteiger partial charge in [0.25, 0.3) is 6.43 Å². The highest BCUT2D eigenvalue weighted by Gasteiger charge is 2.26. The third kappa shape index (κ3) is 3.71.